The summed E-state index contributed by atoms with van der Waals surface area (Å²) in [4.78, 5) is 21.8. The summed E-state index contributed by atoms with van der Waals surface area (Å²) >= 11 is 5.86. The minimum Gasteiger partial charge on any atom is -0.491 e. The standard InChI is InChI=1S/C12H14ClNO4/c1-2-14-11(15)5-6-18-10-4-3-8(12(16)17)7-9(10)13/h3-4,7H,2,5-6H2,1H3,(H,14,15)(H,16,17). The fourth-order valence-electron chi connectivity index (χ4n) is 1.29. The molecular formula is C12H14ClNO4. The van der Waals surface area contributed by atoms with E-state index in [0.717, 1.165) is 0 Å². The van der Waals surface area contributed by atoms with Crippen LogP contribution in [-0.4, -0.2) is 30.1 Å². The van der Waals surface area contributed by atoms with Crippen molar-refractivity contribution in [2.24, 2.45) is 0 Å². The van der Waals surface area contributed by atoms with Crippen LogP contribution in [0.4, 0.5) is 0 Å². The molecule has 0 spiro atoms. The van der Waals surface area contributed by atoms with E-state index in [0.29, 0.717) is 12.3 Å². The van der Waals surface area contributed by atoms with Crippen molar-refractivity contribution in [2.45, 2.75) is 13.3 Å². The molecule has 1 amide bonds. The average Bonchev–Trinajstić information content (AvgIpc) is 2.31. The number of carbonyl (C=O) groups is 2. The summed E-state index contributed by atoms with van der Waals surface area (Å²) in [5.74, 6) is -0.785. The van der Waals surface area contributed by atoms with Crippen molar-refractivity contribution < 1.29 is 19.4 Å². The van der Waals surface area contributed by atoms with Crippen LogP contribution in [0.2, 0.25) is 5.02 Å². The number of carbonyl (C=O) groups excluding carboxylic acids is 1. The summed E-state index contributed by atoms with van der Waals surface area (Å²) in [7, 11) is 0. The quantitative estimate of drug-likeness (QED) is 0.829. The number of aromatic carboxylic acids is 1. The summed E-state index contributed by atoms with van der Waals surface area (Å²) in [6.07, 6.45) is 0.227. The molecule has 0 heterocycles. The van der Waals surface area contributed by atoms with E-state index >= 15 is 0 Å². The molecule has 2 N–H and O–H groups in total. The van der Waals surface area contributed by atoms with Gasteiger partial charge in [0.15, 0.2) is 0 Å². The van der Waals surface area contributed by atoms with Gasteiger partial charge in [0.1, 0.15) is 5.75 Å². The Morgan fingerprint density at radius 3 is 2.72 bits per heavy atom. The topological polar surface area (TPSA) is 75.6 Å². The number of nitrogens with one attached hydrogen (secondary N) is 1. The van der Waals surface area contributed by atoms with Gasteiger partial charge < -0.3 is 15.2 Å². The van der Waals surface area contributed by atoms with Crippen molar-refractivity contribution in [2.75, 3.05) is 13.2 Å². The van der Waals surface area contributed by atoms with Crippen LogP contribution in [0.1, 0.15) is 23.7 Å². The second-order valence-corrected chi connectivity index (χ2v) is 3.91. The zero-order valence-corrected chi connectivity index (χ0v) is 10.7. The normalized spacial score (nSPS) is 9.89. The summed E-state index contributed by atoms with van der Waals surface area (Å²) in [6, 6.07) is 4.19. The monoisotopic (exact) mass is 271 g/mol. The van der Waals surface area contributed by atoms with E-state index in [9.17, 15) is 9.59 Å². The minimum absolute atomic E-state index is 0.0936. The molecule has 98 valence electrons. The first-order chi connectivity index (χ1) is 8.54. The Bertz CT molecular complexity index is 448. The highest BCUT2D eigenvalue weighted by atomic mass is 35.5. The molecule has 6 heteroatoms. The zero-order chi connectivity index (χ0) is 13.5. The van der Waals surface area contributed by atoms with Crippen molar-refractivity contribution in [3.63, 3.8) is 0 Å². The van der Waals surface area contributed by atoms with Gasteiger partial charge in [-0.3, -0.25) is 4.79 Å². The second-order valence-electron chi connectivity index (χ2n) is 3.50. The maximum absolute atomic E-state index is 11.2. The number of amides is 1. The second kappa shape index (κ2) is 6.86. The number of halogens is 1. The molecule has 0 atom stereocenters. The summed E-state index contributed by atoms with van der Waals surface area (Å²) in [5.41, 5.74) is 0.0936. The molecule has 0 saturated heterocycles. The molecule has 0 aliphatic heterocycles. The van der Waals surface area contributed by atoms with Gasteiger partial charge in [-0.05, 0) is 25.1 Å². The Labute approximate surface area is 110 Å². The highest BCUT2D eigenvalue weighted by Gasteiger charge is 2.08. The minimum atomic E-state index is -1.05. The molecule has 0 fully saturated rings. The fourth-order valence-corrected chi connectivity index (χ4v) is 1.53. The van der Waals surface area contributed by atoms with Gasteiger partial charge in [0, 0.05) is 6.54 Å². The third-order valence-electron chi connectivity index (χ3n) is 2.14. The number of ether oxygens (including phenoxy) is 1. The molecule has 0 saturated carbocycles. The summed E-state index contributed by atoms with van der Waals surface area (Å²) in [6.45, 7) is 2.60. The van der Waals surface area contributed by atoms with E-state index in [1.807, 2.05) is 6.92 Å². The van der Waals surface area contributed by atoms with Crippen molar-refractivity contribution >= 4 is 23.5 Å². The number of carboxylic acids is 1. The molecule has 1 rings (SSSR count). The Morgan fingerprint density at radius 1 is 1.44 bits per heavy atom. The highest BCUT2D eigenvalue weighted by molar-refractivity contribution is 6.32. The van der Waals surface area contributed by atoms with Gasteiger partial charge in [-0.15, -0.1) is 0 Å². The Morgan fingerprint density at radius 2 is 2.17 bits per heavy atom. The molecule has 1 aromatic carbocycles. The Balaban J connectivity index is 2.53. The fraction of sp³-hybridized carbons (Fsp3) is 0.333. The van der Waals surface area contributed by atoms with Crippen LogP contribution in [-0.2, 0) is 4.79 Å². The van der Waals surface area contributed by atoms with Gasteiger partial charge in [-0.1, -0.05) is 11.6 Å². The lowest BCUT2D eigenvalue weighted by Crippen LogP contribution is -2.24. The van der Waals surface area contributed by atoms with Gasteiger partial charge in [-0.2, -0.15) is 0 Å². The van der Waals surface area contributed by atoms with Crippen LogP contribution in [0.25, 0.3) is 0 Å². The largest absolute Gasteiger partial charge is 0.491 e. The van der Waals surface area contributed by atoms with E-state index in [1.54, 1.807) is 0 Å². The van der Waals surface area contributed by atoms with E-state index in [-0.39, 0.29) is 29.5 Å². The van der Waals surface area contributed by atoms with E-state index < -0.39 is 5.97 Å². The van der Waals surface area contributed by atoms with Gasteiger partial charge in [0.05, 0.1) is 23.6 Å². The lowest BCUT2D eigenvalue weighted by molar-refractivity contribution is -0.121. The SMILES string of the molecule is CCNC(=O)CCOc1ccc(C(=O)O)cc1Cl. The van der Waals surface area contributed by atoms with Gasteiger partial charge in [0.2, 0.25) is 5.91 Å². The lowest BCUT2D eigenvalue weighted by atomic mass is 10.2. The van der Waals surface area contributed by atoms with Gasteiger partial charge >= 0.3 is 5.97 Å². The maximum Gasteiger partial charge on any atom is 0.335 e. The van der Waals surface area contributed by atoms with Crippen LogP contribution in [0.5, 0.6) is 5.75 Å². The predicted octanol–water partition coefficient (Wildman–Crippen LogP) is 1.94. The molecular weight excluding hydrogens is 258 g/mol. The molecule has 1 aromatic rings. The van der Waals surface area contributed by atoms with Gasteiger partial charge in [0.25, 0.3) is 0 Å². The first-order valence-electron chi connectivity index (χ1n) is 5.47. The predicted molar refractivity (Wildman–Crippen MR) is 67.2 cm³/mol. The lowest BCUT2D eigenvalue weighted by Gasteiger charge is -2.08. The number of hydrogen-bond acceptors (Lipinski definition) is 3. The number of benzene rings is 1. The third kappa shape index (κ3) is 4.25. The van der Waals surface area contributed by atoms with Crippen LogP contribution in [0, 0.1) is 0 Å². The molecule has 0 bridgehead atoms. The zero-order valence-electron chi connectivity index (χ0n) is 9.90. The number of rotatable bonds is 6. The first kappa shape index (κ1) is 14.3. The average molecular weight is 272 g/mol. The third-order valence-corrected chi connectivity index (χ3v) is 2.43. The highest BCUT2D eigenvalue weighted by Crippen LogP contribution is 2.25. The molecule has 0 aliphatic carbocycles. The van der Waals surface area contributed by atoms with E-state index in [2.05, 4.69) is 5.32 Å². The van der Waals surface area contributed by atoms with Crippen molar-refractivity contribution in [3.8, 4) is 5.75 Å². The number of carboxylic acid groups (broad SMARTS) is 1. The van der Waals surface area contributed by atoms with Gasteiger partial charge in [-0.25, -0.2) is 4.79 Å². The van der Waals surface area contributed by atoms with E-state index in [1.165, 1.54) is 18.2 Å². The molecule has 18 heavy (non-hydrogen) atoms. The van der Waals surface area contributed by atoms with Crippen LogP contribution >= 0.6 is 11.6 Å². The molecule has 0 unspecified atom stereocenters. The first-order valence-corrected chi connectivity index (χ1v) is 5.84. The molecule has 0 radical (unpaired) electrons. The summed E-state index contributed by atoms with van der Waals surface area (Å²) in [5, 5.41) is 11.6. The Kier molecular flexibility index (Phi) is 5.45. The van der Waals surface area contributed by atoms with Crippen molar-refractivity contribution in [1.29, 1.82) is 0 Å². The smallest absolute Gasteiger partial charge is 0.335 e. The maximum atomic E-state index is 11.2. The van der Waals surface area contributed by atoms with Crippen LogP contribution < -0.4 is 10.1 Å². The van der Waals surface area contributed by atoms with Crippen LogP contribution in [0.15, 0.2) is 18.2 Å². The van der Waals surface area contributed by atoms with Crippen LogP contribution in [0.3, 0.4) is 0 Å². The molecule has 0 aromatic heterocycles. The molecule has 5 nitrogen and oxygen atoms in total. The Hall–Kier alpha value is -1.75. The number of hydrogen-bond donors (Lipinski definition) is 2. The van der Waals surface area contributed by atoms with E-state index in [4.69, 9.17) is 21.4 Å². The summed E-state index contributed by atoms with van der Waals surface area (Å²) < 4.78 is 5.30. The van der Waals surface area contributed by atoms with Crippen molar-refractivity contribution in [3.05, 3.63) is 28.8 Å². The van der Waals surface area contributed by atoms with Crippen molar-refractivity contribution in [1.82, 2.24) is 5.32 Å². The molecule has 0 aliphatic rings.